The number of nitriles is 1. The van der Waals surface area contributed by atoms with E-state index in [0.29, 0.717) is 38.0 Å². The largest absolute Gasteiger partial charge is 0.355 e. The third kappa shape index (κ3) is 4.99. The fraction of sp³-hybridized carbons (Fsp3) is 0.455. The highest BCUT2D eigenvalue weighted by atomic mass is 32.2. The number of piperidine rings is 1. The van der Waals surface area contributed by atoms with E-state index in [-0.39, 0.29) is 16.7 Å². The monoisotopic (exact) mass is 458 g/mol. The first-order valence-corrected chi connectivity index (χ1v) is 12.8. The molecule has 2 aliphatic heterocycles. The van der Waals surface area contributed by atoms with Crippen molar-refractivity contribution in [1.29, 1.82) is 5.26 Å². The van der Waals surface area contributed by atoms with Crippen LogP contribution in [0.1, 0.15) is 28.8 Å². The van der Waals surface area contributed by atoms with E-state index in [9.17, 15) is 13.2 Å². The maximum Gasteiger partial charge on any atom is 0.243 e. The Kier molecular flexibility index (Phi) is 6.72. The maximum absolute atomic E-state index is 12.8. The SMILES string of the molecule is N#Cc1ccc(S(=O)(=O)N2CCC(C(=O)NCCN3CCc4sccc4C3)CC2)cc1. The van der Waals surface area contributed by atoms with E-state index in [1.807, 2.05) is 17.4 Å². The average molecular weight is 459 g/mol. The van der Waals surface area contributed by atoms with Gasteiger partial charge in [-0.2, -0.15) is 9.57 Å². The van der Waals surface area contributed by atoms with Gasteiger partial charge in [-0.3, -0.25) is 9.69 Å². The number of benzene rings is 1. The smallest absolute Gasteiger partial charge is 0.243 e. The molecular weight excluding hydrogens is 432 g/mol. The van der Waals surface area contributed by atoms with Crippen molar-refractivity contribution in [3.05, 3.63) is 51.7 Å². The minimum Gasteiger partial charge on any atom is -0.355 e. The molecule has 31 heavy (non-hydrogen) atoms. The Hall–Kier alpha value is -2.25. The Labute approximate surface area is 187 Å². The zero-order chi connectivity index (χ0) is 21.8. The predicted octanol–water partition coefficient (Wildman–Crippen LogP) is 2.19. The number of thiophene rings is 1. The van der Waals surface area contributed by atoms with Gasteiger partial charge in [-0.25, -0.2) is 8.42 Å². The van der Waals surface area contributed by atoms with E-state index in [2.05, 4.69) is 21.7 Å². The molecule has 2 aromatic rings. The molecule has 1 aromatic carbocycles. The van der Waals surface area contributed by atoms with Crippen LogP contribution in [0.2, 0.25) is 0 Å². The Balaban J connectivity index is 1.23. The van der Waals surface area contributed by atoms with Gasteiger partial charge in [-0.05, 0) is 60.5 Å². The fourth-order valence-corrected chi connectivity index (χ4v) is 6.55. The summed E-state index contributed by atoms with van der Waals surface area (Å²) < 4.78 is 27.1. The molecule has 7 nitrogen and oxygen atoms in total. The summed E-state index contributed by atoms with van der Waals surface area (Å²) in [4.78, 5) is 16.6. The predicted molar refractivity (Wildman–Crippen MR) is 119 cm³/mol. The van der Waals surface area contributed by atoms with Gasteiger partial charge in [0, 0.05) is 50.1 Å². The van der Waals surface area contributed by atoms with Crippen LogP contribution in [0.5, 0.6) is 0 Å². The molecular formula is C22H26N4O3S2. The minimum absolute atomic E-state index is 0.0173. The van der Waals surface area contributed by atoms with Crippen LogP contribution in [0.4, 0.5) is 0 Å². The number of nitrogens with one attached hydrogen (secondary N) is 1. The van der Waals surface area contributed by atoms with Gasteiger partial charge in [-0.1, -0.05) is 0 Å². The molecule has 0 aliphatic carbocycles. The second kappa shape index (κ2) is 9.49. The number of hydrogen-bond donors (Lipinski definition) is 1. The molecule has 1 N–H and O–H groups in total. The van der Waals surface area contributed by atoms with E-state index in [1.165, 1.54) is 39.0 Å². The number of sulfonamides is 1. The van der Waals surface area contributed by atoms with Crippen LogP contribution >= 0.6 is 11.3 Å². The Bertz CT molecular complexity index is 1060. The second-order valence-corrected chi connectivity index (χ2v) is 10.9. The number of fused-ring (bicyclic) bond motifs is 1. The normalized spacial score (nSPS) is 18.3. The van der Waals surface area contributed by atoms with Crippen molar-refractivity contribution in [2.45, 2.75) is 30.7 Å². The van der Waals surface area contributed by atoms with Crippen LogP contribution in [0.25, 0.3) is 0 Å². The molecule has 0 radical (unpaired) electrons. The highest BCUT2D eigenvalue weighted by Gasteiger charge is 2.32. The number of rotatable bonds is 6. The summed E-state index contributed by atoms with van der Waals surface area (Å²) >= 11 is 1.82. The summed E-state index contributed by atoms with van der Waals surface area (Å²) in [6, 6.07) is 10.1. The van der Waals surface area contributed by atoms with Crippen molar-refractivity contribution in [2.24, 2.45) is 5.92 Å². The van der Waals surface area contributed by atoms with E-state index < -0.39 is 10.0 Å². The molecule has 1 fully saturated rings. The summed E-state index contributed by atoms with van der Waals surface area (Å²) in [7, 11) is -3.60. The number of carbonyl (C=O) groups is 1. The zero-order valence-electron chi connectivity index (χ0n) is 17.3. The van der Waals surface area contributed by atoms with Gasteiger partial charge in [-0.15, -0.1) is 11.3 Å². The standard InChI is InChI=1S/C22H26N4O3S2/c23-15-17-1-3-20(4-2-17)31(28,29)26-11-5-18(6-12-26)22(27)24-9-13-25-10-7-21-19(16-25)8-14-30-21/h1-4,8,14,18H,5-7,9-13,16H2,(H,24,27). The van der Waals surface area contributed by atoms with Crippen LogP contribution in [0.3, 0.4) is 0 Å². The summed E-state index contributed by atoms with van der Waals surface area (Å²) in [6.45, 7) is 4.06. The molecule has 164 valence electrons. The van der Waals surface area contributed by atoms with Crippen molar-refractivity contribution in [3.8, 4) is 6.07 Å². The second-order valence-electron chi connectivity index (χ2n) is 8.00. The number of carbonyl (C=O) groups excluding carboxylic acids is 1. The molecule has 1 saturated heterocycles. The summed E-state index contributed by atoms with van der Waals surface area (Å²) in [5.41, 5.74) is 1.83. The maximum atomic E-state index is 12.8. The highest BCUT2D eigenvalue weighted by molar-refractivity contribution is 7.89. The molecule has 4 rings (SSSR count). The van der Waals surface area contributed by atoms with Crippen LogP contribution < -0.4 is 5.32 Å². The minimum atomic E-state index is -3.60. The first kappa shape index (κ1) is 22.0. The number of hydrogen-bond acceptors (Lipinski definition) is 6. The number of amides is 1. The molecule has 9 heteroatoms. The van der Waals surface area contributed by atoms with E-state index in [0.717, 1.165) is 26.1 Å². The molecule has 0 spiro atoms. The topological polar surface area (TPSA) is 93.5 Å². The van der Waals surface area contributed by atoms with Crippen molar-refractivity contribution < 1.29 is 13.2 Å². The van der Waals surface area contributed by atoms with Crippen molar-refractivity contribution in [3.63, 3.8) is 0 Å². The van der Waals surface area contributed by atoms with Gasteiger partial charge in [0.15, 0.2) is 0 Å². The van der Waals surface area contributed by atoms with Crippen LogP contribution in [-0.2, 0) is 27.8 Å². The molecule has 0 saturated carbocycles. The molecule has 0 bridgehead atoms. The van der Waals surface area contributed by atoms with Crippen molar-refractivity contribution in [2.75, 3.05) is 32.7 Å². The fourth-order valence-electron chi connectivity index (χ4n) is 4.19. The third-order valence-electron chi connectivity index (χ3n) is 6.06. The summed E-state index contributed by atoms with van der Waals surface area (Å²) in [6.07, 6.45) is 2.11. The number of nitrogens with zero attached hydrogens (tertiary/aromatic N) is 3. The van der Waals surface area contributed by atoms with Gasteiger partial charge in [0.05, 0.1) is 16.5 Å². The lowest BCUT2D eigenvalue weighted by Crippen LogP contribution is -2.44. The Morgan fingerprint density at radius 2 is 1.90 bits per heavy atom. The van der Waals surface area contributed by atoms with Crippen LogP contribution in [-0.4, -0.2) is 56.3 Å². The van der Waals surface area contributed by atoms with E-state index >= 15 is 0 Å². The van der Waals surface area contributed by atoms with Gasteiger partial charge >= 0.3 is 0 Å². The highest BCUT2D eigenvalue weighted by Crippen LogP contribution is 2.25. The Morgan fingerprint density at radius 1 is 1.16 bits per heavy atom. The van der Waals surface area contributed by atoms with Crippen LogP contribution in [0, 0.1) is 17.2 Å². The molecule has 1 amide bonds. The zero-order valence-corrected chi connectivity index (χ0v) is 18.9. The molecule has 0 atom stereocenters. The lowest BCUT2D eigenvalue weighted by atomic mass is 9.97. The van der Waals surface area contributed by atoms with Gasteiger partial charge < -0.3 is 5.32 Å². The van der Waals surface area contributed by atoms with Gasteiger partial charge in [0.25, 0.3) is 0 Å². The van der Waals surface area contributed by atoms with Crippen LogP contribution in [0.15, 0.2) is 40.6 Å². The Morgan fingerprint density at radius 3 is 2.61 bits per heavy atom. The van der Waals surface area contributed by atoms with Crippen molar-refractivity contribution in [1.82, 2.24) is 14.5 Å². The van der Waals surface area contributed by atoms with Crippen molar-refractivity contribution >= 4 is 27.3 Å². The van der Waals surface area contributed by atoms with E-state index in [4.69, 9.17) is 5.26 Å². The summed E-state index contributed by atoms with van der Waals surface area (Å²) in [5, 5.41) is 14.1. The molecule has 0 unspecified atom stereocenters. The lowest BCUT2D eigenvalue weighted by molar-refractivity contribution is -0.126. The summed E-state index contributed by atoms with van der Waals surface area (Å²) in [5.74, 6) is -0.138. The quantitative estimate of drug-likeness (QED) is 0.716. The van der Waals surface area contributed by atoms with Gasteiger partial charge in [0.1, 0.15) is 0 Å². The first-order chi connectivity index (χ1) is 15.0. The van der Waals surface area contributed by atoms with E-state index in [1.54, 1.807) is 0 Å². The first-order valence-electron chi connectivity index (χ1n) is 10.5. The molecule has 1 aromatic heterocycles. The lowest BCUT2D eigenvalue weighted by Gasteiger charge is -2.31. The molecule has 2 aliphatic rings. The third-order valence-corrected chi connectivity index (χ3v) is 9.00. The van der Waals surface area contributed by atoms with Gasteiger partial charge in [0.2, 0.25) is 15.9 Å². The average Bonchev–Trinajstić information content (AvgIpc) is 3.27. The molecule has 3 heterocycles.